The van der Waals surface area contributed by atoms with Crippen LogP contribution in [0.5, 0.6) is 0 Å². The average molecular weight is 225 g/mol. The first kappa shape index (κ1) is 12.3. The molecule has 1 aromatic rings. The molecule has 2 N–H and O–H groups in total. The number of carbonyl (C=O) groups excluding carboxylic acids is 1. The summed E-state index contributed by atoms with van der Waals surface area (Å²) in [5, 5.41) is 11.4. The molecule has 1 heterocycles. The van der Waals surface area contributed by atoms with Crippen molar-refractivity contribution in [3.05, 3.63) is 24.2 Å². The molecule has 0 aliphatic carbocycles. The second-order valence-electron chi connectivity index (χ2n) is 4.59. The van der Waals surface area contributed by atoms with Crippen molar-refractivity contribution in [1.29, 1.82) is 0 Å². The van der Waals surface area contributed by atoms with Gasteiger partial charge in [0.05, 0.1) is 6.26 Å². The number of aliphatic carboxylic acids is 1. The molecular weight excluding hydrogens is 210 g/mol. The van der Waals surface area contributed by atoms with Crippen LogP contribution in [-0.2, 0) is 4.79 Å². The van der Waals surface area contributed by atoms with Gasteiger partial charge in [-0.25, -0.2) is 4.79 Å². The lowest BCUT2D eigenvalue weighted by atomic mass is 9.87. The lowest BCUT2D eigenvalue weighted by molar-refractivity contribution is -0.142. The monoisotopic (exact) mass is 225 g/mol. The summed E-state index contributed by atoms with van der Waals surface area (Å²) in [7, 11) is 0. The molecule has 0 radical (unpaired) electrons. The first-order chi connectivity index (χ1) is 7.32. The molecular formula is C11H15NO4. The number of furan rings is 1. The second kappa shape index (κ2) is 4.38. The number of carboxylic acids is 1. The van der Waals surface area contributed by atoms with Crippen LogP contribution >= 0.6 is 0 Å². The summed E-state index contributed by atoms with van der Waals surface area (Å²) >= 11 is 0. The molecule has 1 amide bonds. The minimum absolute atomic E-state index is 0.107. The molecule has 0 aliphatic heterocycles. The number of hydrogen-bond donors (Lipinski definition) is 2. The standard InChI is InChI=1S/C11H15NO4/c1-11(2,3)8(10(14)15)12-9(13)7-5-4-6-16-7/h4-6,8H,1-3H3,(H,12,13)(H,14,15). The fourth-order valence-electron chi connectivity index (χ4n) is 1.26. The highest BCUT2D eigenvalue weighted by Crippen LogP contribution is 2.19. The summed E-state index contributed by atoms with van der Waals surface area (Å²) in [6, 6.07) is 2.10. The van der Waals surface area contributed by atoms with Gasteiger partial charge in [0.1, 0.15) is 6.04 Å². The number of hydrogen-bond acceptors (Lipinski definition) is 3. The van der Waals surface area contributed by atoms with Crippen molar-refractivity contribution in [2.24, 2.45) is 5.41 Å². The van der Waals surface area contributed by atoms with E-state index in [1.807, 2.05) is 0 Å². The van der Waals surface area contributed by atoms with E-state index >= 15 is 0 Å². The smallest absolute Gasteiger partial charge is 0.326 e. The van der Waals surface area contributed by atoms with E-state index in [1.165, 1.54) is 12.3 Å². The zero-order valence-electron chi connectivity index (χ0n) is 9.48. The minimum atomic E-state index is -1.06. The number of carboxylic acid groups (broad SMARTS) is 1. The highest BCUT2D eigenvalue weighted by atomic mass is 16.4. The molecule has 1 rings (SSSR count). The lowest BCUT2D eigenvalue weighted by Crippen LogP contribution is -2.49. The molecule has 1 atom stereocenters. The number of carbonyl (C=O) groups is 2. The summed E-state index contributed by atoms with van der Waals surface area (Å²) in [4.78, 5) is 22.6. The Kier molecular flexibility index (Phi) is 3.37. The van der Waals surface area contributed by atoms with Crippen LogP contribution in [0.3, 0.4) is 0 Å². The zero-order valence-corrected chi connectivity index (χ0v) is 9.48. The van der Waals surface area contributed by atoms with Gasteiger partial charge >= 0.3 is 5.97 Å². The molecule has 5 nitrogen and oxygen atoms in total. The van der Waals surface area contributed by atoms with Crippen molar-refractivity contribution in [1.82, 2.24) is 5.32 Å². The van der Waals surface area contributed by atoms with Crippen LogP contribution in [0.1, 0.15) is 31.3 Å². The van der Waals surface area contributed by atoms with Crippen LogP contribution in [0.4, 0.5) is 0 Å². The highest BCUT2D eigenvalue weighted by Gasteiger charge is 2.33. The maximum atomic E-state index is 11.6. The van der Waals surface area contributed by atoms with Crippen LogP contribution in [0.25, 0.3) is 0 Å². The molecule has 0 aromatic carbocycles. The van der Waals surface area contributed by atoms with Gasteiger partial charge in [0.15, 0.2) is 5.76 Å². The first-order valence-corrected chi connectivity index (χ1v) is 4.89. The van der Waals surface area contributed by atoms with Crippen molar-refractivity contribution >= 4 is 11.9 Å². The molecule has 0 bridgehead atoms. The lowest BCUT2D eigenvalue weighted by Gasteiger charge is -2.27. The van der Waals surface area contributed by atoms with E-state index in [4.69, 9.17) is 9.52 Å². The number of rotatable bonds is 3. The molecule has 88 valence electrons. The zero-order chi connectivity index (χ0) is 12.3. The fraction of sp³-hybridized carbons (Fsp3) is 0.455. The van der Waals surface area contributed by atoms with Crippen molar-refractivity contribution in [3.8, 4) is 0 Å². The maximum absolute atomic E-state index is 11.6. The maximum Gasteiger partial charge on any atom is 0.326 e. The van der Waals surface area contributed by atoms with Gasteiger partial charge in [-0.3, -0.25) is 4.79 Å². The Morgan fingerprint density at radius 3 is 2.44 bits per heavy atom. The Morgan fingerprint density at radius 1 is 1.44 bits per heavy atom. The van der Waals surface area contributed by atoms with Crippen molar-refractivity contribution in [2.75, 3.05) is 0 Å². The third-order valence-corrected chi connectivity index (χ3v) is 2.13. The minimum Gasteiger partial charge on any atom is -0.480 e. The van der Waals surface area contributed by atoms with Gasteiger partial charge in [-0.1, -0.05) is 20.8 Å². The topological polar surface area (TPSA) is 79.5 Å². The van der Waals surface area contributed by atoms with E-state index in [1.54, 1.807) is 26.8 Å². The molecule has 0 spiro atoms. The van der Waals surface area contributed by atoms with Gasteiger partial charge in [0.2, 0.25) is 0 Å². The Hall–Kier alpha value is -1.78. The second-order valence-corrected chi connectivity index (χ2v) is 4.59. The normalized spacial score (nSPS) is 13.2. The Balaban J connectivity index is 2.78. The van der Waals surface area contributed by atoms with Crippen LogP contribution in [0.2, 0.25) is 0 Å². The van der Waals surface area contributed by atoms with Crippen LogP contribution < -0.4 is 5.32 Å². The van der Waals surface area contributed by atoms with E-state index in [0.29, 0.717) is 0 Å². The van der Waals surface area contributed by atoms with Gasteiger partial charge in [0.25, 0.3) is 5.91 Å². The van der Waals surface area contributed by atoms with E-state index in [9.17, 15) is 9.59 Å². The molecule has 0 fully saturated rings. The Labute approximate surface area is 93.4 Å². The van der Waals surface area contributed by atoms with Crippen molar-refractivity contribution in [3.63, 3.8) is 0 Å². The summed E-state index contributed by atoms with van der Waals surface area (Å²) < 4.78 is 4.88. The van der Waals surface area contributed by atoms with Crippen LogP contribution in [-0.4, -0.2) is 23.0 Å². The van der Waals surface area contributed by atoms with Crippen molar-refractivity contribution < 1.29 is 19.1 Å². The van der Waals surface area contributed by atoms with Gasteiger partial charge in [-0.15, -0.1) is 0 Å². The van der Waals surface area contributed by atoms with Gasteiger partial charge in [-0.2, -0.15) is 0 Å². The van der Waals surface area contributed by atoms with Crippen LogP contribution in [0.15, 0.2) is 22.8 Å². The molecule has 0 saturated carbocycles. The van der Waals surface area contributed by atoms with Gasteiger partial charge in [-0.05, 0) is 17.5 Å². The SMILES string of the molecule is CC(C)(C)C(NC(=O)c1ccco1)C(=O)O. The van der Waals surface area contributed by atoms with E-state index < -0.39 is 23.3 Å². The summed E-state index contributed by atoms with van der Waals surface area (Å²) in [6.45, 7) is 5.23. The molecule has 5 heteroatoms. The fourth-order valence-corrected chi connectivity index (χ4v) is 1.26. The predicted molar refractivity (Wildman–Crippen MR) is 57.1 cm³/mol. The third kappa shape index (κ3) is 2.85. The van der Waals surface area contributed by atoms with Gasteiger partial charge in [0, 0.05) is 0 Å². The first-order valence-electron chi connectivity index (χ1n) is 4.89. The summed E-state index contributed by atoms with van der Waals surface area (Å²) in [5.41, 5.74) is -0.561. The summed E-state index contributed by atoms with van der Waals surface area (Å²) in [6.07, 6.45) is 1.36. The van der Waals surface area contributed by atoms with Crippen LogP contribution in [0, 0.1) is 5.41 Å². The van der Waals surface area contributed by atoms with Crippen molar-refractivity contribution in [2.45, 2.75) is 26.8 Å². The van der Waals surface area contributed by atoms with E-state index in [-0.39, 0.29) is 5.76 Å². The predicted octanol–water partition coefficient (Wildman–Crippen LogP) is 1.51. The molecule has 16 heavy (non-hydrogen) atoms. The molecule has 1 aromatic heterocycles. The quantitative estimate of drug-likeness (QED) is 0.817. The largest absolute Gasteiger partial charge is 0.480 e. The molecule has 0 aliphatic rings. The molecule has 0 saturated heterocycles. The molecule has 1 unspecified atom stereocenters. The highest BCUT2D eigenvalue weighted by molar-refractivity contribution is 5.94. The number of amides is 1. The summed E-state index contributed by atoms with van der Waals surface area (Å²) in [5.74, 6) is -1.48. The third-order valence-electron chi connectivity index (χ3n) is 2.13. The Bertz CT molecular complexity index is 375. The Morgan fingerprint density at radius 2 is 2.06 bits per heavy atom. The number of nitrogens with one attached hydrogen (secondary N) is 1. The van der Waals surface area contributed by atoms with E-state index in [2.05, 4.69) is 5.32 Å². The average Bonchev–Trinajstić information content (AvgIpc) is 2.63. The van der Waals surface area contributed by atoms with Gasteiger partial charge < -0.3 is 14.8 Å². The van der Waals surface area contributed by atoms with E-state index in [0.717, 1.165) is 0 Å².